The van der Waals surface area contributed by atoms with Gasteiger partial charge in [0.15, 0.2) is 0 Å². The van der Waals surface area contributed by atoms with Crippen molar-refractivity contribution in [3.05, 3.63) is 81.4 Å². The van der Waals surface area contributed by atoms with E-state index in [9.17, 15) is 5.11 Å². The summed E-state index contributed by atoms with van der Waals surface area (Å²) in [4.78, 5) is 11.8. The van der Waals surface area contributed by atoms with Gasteiger partial charge in [-0.05, 0) is 67.0 Å². The molecule has 3 heterocycles. The number of aliphatic hydroxyl groups excluding tert-OH is 1. The highest BCUT2D eigenvalue weighted by molar-refractivity contribution is 5.87. The van der Waals surface area contributed by atoms with Gasteiger partial charge in [-0.3, -0.25) is 14.9 Å². The lowest BCUT2D eigenvalue weighted by Crippen LogP contribution is -2.46. The second kappa shape index (κ2) is 8.74. The van der Waals surface area contributed by atoms with E-state index in [1.54, 1.807) is 0 Å². The largest absolute Gasteiger partial charge is 0.392 e. The highest BCUT2D eigenvalue weighted by Gasteiger charge is 2.26. The first-order chi connectivity index (χ1) is 15.5. The van der Waals surface area contributed by atoms with Crippen LogP contribution in [0.4, 0.5) is 0 Å². The molecule has 3 aliphatic rings. The number of benzene rings is 2. The fourth-order valence-electron chi connectivity index (χ4n) is 5.03. The van der Waals surface area contributed by atoms with Gasteiger partial charge in [0.25, 0.3) is 0 Å². The van der Waals surface area contributed by atoms with Gasteiger partial charge in [0.05, 0.1) is 11.5 Å². The summed E-state index contributed by atoms with van der Waals surface area (Å²) in [6.45, 7) is 6.05. The Kier molecular flexibility index (Phi) is 5.80. The maximum absolute atomic E-state index is 9.82. The number of likely N-dealkylation sites (tertiary alicyclic amines) is 1. The van der Waals surface area contributed by atoms with Crippen LogP contribution in [0.25, 0.3) is 5.57 Å². The van der Waals surface area contributed by atoms with E-state index in [-0.39, 0.29) is 18.3 Å². The number of fused-ring (bicyclic) bond motifs is 2. The number of β-amino-alcohol motifs (C(OH)–C–C–N with tert-alkyl or cyclic N) is 1. The molecule has 4 unspecified atom stereocenters. The van der Waals surface area contributed by atoms with E-state index in [4.69, 9.17) is 10.7 Å². The summed E-state index contributed by atoms with van der Waals surface area (Å²) in [7, 11) is 0. The van der Waals surface area contributed by atoms with Crippen LogP contribution in [0.5, 0.6) is 0 Å². The van der Waals surface area contributed by atoms with Gasteiger partial charge in [-0.15, -0.1) is 0 Å². The third-order valence-corrected chi connectivity index (χ3v) is 7.04. The molecule has 32 heavy (non-hydrogen) atoms. The molecular weight excluding hydrogens is 396 g/mol. The first-order valence-corrected chi connectivity index (χ1v) is 11.7. The highest BCUT2D eigenvalue weighted by Crippen LogP contribution is 2.26. The lowest BCUT2D eigenvalue weighted by molar-refractivity contribution is 0.163. The van der Waals surface area contributed by atoms with E-state index in [1.165, 1.54) is 27.8 Å². The molecule has 1 saturated heterocycles. The van der Waals surface area contributed by atoms with Crippen LogP contribution in [-0.2, 0) is 6.42 Å². The van der Waals surface area contributed by atoms with E-state index < -0.39 is 0 Å². The summed E-state index contributed by atoms with van der Waals surface area (Å²) in [5.41, 5.74) is 12.6. The molecule has 1 fully saturated rings. The average molecular weight is 429 g/mol. The lowest BCUT2D eigenvalue weighted by Gasteiger charge is -2.25. The average Bonchev–Trinajstić information content (AvgIpc) is 3.23. The maximum Gasteiger partial charge on any atom is 0.124 e. The zero-order valence-corrected chi connectivity index (χ0v) is 18.9. The van der Waals surface area contributed by atoms with Crippen molar-refractivity contribution in [3.8, 4) is 0 Å². The fourth-order valence-corrected chi connectivity index (χ4v) is 5.03. The van der Waals surface area contributed by atoms with Crippen LogP contribution in [0.3, 0.4) is 0 Å². The van der Waals surface area contributed by atoms with Gasteiger partial charge in [-0.2, -0.15) is 0 Å². The second-order valence-electron chi connectivity index (χ2n) is 9.39. The SMILES string of the molecule is Cc1ccc2c(c1)=NC(N)C1N=CC(CCc3ccc(C(C)N4CCC(O)C4)cc3)=CC=21. The molecule has 2 aromatic rings. The molecule has 0 amide bonds. The Hall–Kier alpha value is -2.60. The van der Waals surface area contributed by atoms with Crippen molar-refractivity contribution in [2.45, 2.75) is 57.5 Å². The monoisotopic (exact) mass is 428 g/mol. The standard InChI is InChI=1S/C27H32N4O/c1-17-3-10-23-24-14-20(15-29-26(24)27(28)30-25(23)13-17)5-4-19-6-8-21(9-7-19)18(2)31-12-11-22(32)16-31/h3,6-10,13-15,18,22,26-27,32H,4-5,11-12,16,28H2,1-2H3. The van der Waals surface area contributed by atoms with Gasteiger partial charge in [-0.1, -0.05) is 42.5 Å². The van der Waals surface area contributed by atoms with Crippen molar-refractivity contribution < 1.29 is 5.11 Å². The van der Waals surface area contributed by atoms with Crippen molar-refractivity contribution in [2.75, 3.05) is 13.1 Å². The van der Waals surface area contributed by atoms with Crippen molar-refractivity contribution in [2.24, 2.45) is 15.7 Å². The van der Waals surface area contributed by atoms with E-state index >= 15 is 0 Å². The molecule has 166 valence electrons. The molecule has 2 aromatic carbocycles. The van der Waals surface area contributed by atoms with Crippen LogP contribution in [0.1, 0.15) is 42.5 Å². The predicted molar refractivity (Wildman–Crippen MR) is 129 cm³/mol. The molecule has 0 aromatic heterocycles. The summed E-state index contributed by atoms with van der Waals surface area (Å²) < 4.78 is 0. The first-order valence-electron chi connectivity index (χ1n) is 11.7. The lowest BCUT2D eigenvalue weighted by atomic mass is 9.92. The molecule has 0 spiro atoms. The quantitative estimate of drug-likeness (QED) is 0.767. The van der Waals surface area contributed by atoms with Crippen molar-refractivity contribution in [1.82, 2.24) is 4.90 Å². The van der Waals surface area contributed by atoms with Gasteiger partial charge in [0, 0.05) is 30.6 Å². The maximum atomic E-state index is 9.82. The van der Waals surface area contributed by atoms with Crippen LogP contribution in [0.15, 0.2) is 64.1 Å². The topological polar surface area (TPSA) is 74.2 Å². The predicted octanol–water partition coefficient (Wildman–Crippen LogP) is 2.20. The molecule has 3 N–H and O–H groups in total. The first kappa shape index (κ1) is 21.3. The summed E-state index contributed by atoms with van der Waals surface area (Å²) in [6.07, 6.45) is 6.56. The summed E-state index contributed by atoms with van der Waals surface area (Å²) >= 11 is 0. The van der Waals surface area contributed by atoms with Crippen LogP contribution in [-0.4, -0.2) is 47.6 Å². The van der Waals surface area contributed by atoms with Gasteiger partial charge in [0.2, 0.25) is 0 Å². The minimum absolute atomic E-state index is 0.0844. The minimum atomic E-state index is -0.320. The highest BCUT2D eigenvalue weighted by atomic mass is 16.3. The number of hydrogen-bond donors (Lipinski definition) is 2. The molecule has 5 rings (SSSR count). The number of aliphatic hydroxyl groups is 1. The van der Waals surface area contributed by atoms with E-state index in [0.717, 1.165) is 42.9 Å². The van der Waals surface area contributed by atoms with Crippen molar-refractivity contribution in [3.63, 3.8) is 0 Å². The molecule has 0 bridgehead atoms. The summed E-state index contributed by atoms with van der Waals surface area (Å²) in [5.74, 6) is 0. The van der Waals surface area contributed by atoms with Gasteiger partial charge in [-0.25, -0.2) is 0 Å². The summed E-state index contributed by atoms with van der Waals surface area (Å²) in [6, 6.07) is 15.6. The Morgan fingerprint density at radius 3 is 2.72 bits per heavy atom. The molecule has 0 aliphatic carbocycles. The molecule has 5 nitrogen and oxygen atoms in total. The van der Waals surface area contributed by atoms with Crippen molar-refractivity contribution >= 4 is 11.8 Å². The number of hydrogen-bond acceptors (Lipinski definition) is 5. The van der Waals surface area contributed by atoms with Crippen LogP contribution in [0.2, 0.25) is 0 Å². The third-order valence-electron chi connectivity index (χ3n) is 7.04. The number of nitrogens with zero attached hydrogens (tertiary/aromatic N) is 3. The summed E-state index contributed by atoms with van der Waals surface area (Å²) in [5, 5.41) is 11.9. The van der Waals surface area contributed by atoms with Gasteiger partial charge >= 0.3 is 0 Å². The normalized spacial score (nSPS) is 25.7. The Morgan fingerprint density at radius 2 is 1.97 bits per heavy atom. The van der Waals surface area contributed by atoms with Crippen LogP contribution in [0, 0.1) is 6.92 Å². The van der Waals surface area contributed by atoms with Crippen LogP contribution >= 0.6 is 0 Å². The molecule has 0 saturated carbocycles. The second-order valence-corrected chi connectivity index (χ2v) is 9.39. The third kappa shape index (κ3) is 4.20. The van der Waals surface area contributed by atoms with E-state index in [2.05, 4.69) is 72.3 Å². The Bertz CT molecular complexity index is 1180. The Balaban J connectivity index is 1.30. The molecule has 3 aliphatic heterocycles. The molecule has 4 atom stereocenters. The number of aliphatic imine (C=N–C) groups is 1. The van der Waals surface area contributed by atoms with Gasteiger partial charge < -0.3 is 10.8 Å². The Labute approximate surface area is 189 Å². The van der Waals surface area contributed by atoms with Crippen molar-refractivity contribution in [1.29, 1.82) is 0 Å². The molecular formula is C27H32N4O. The zero-order chi connectivity index (χ0) is 22.2. The number of rotatable bonds is 5. The van der Waals surface area contributed by atoms with E-state index in [0.29, 0.717) is 6.04 Å². The van der Waals surface area contributed by atoms with Gasteiger partial charge in [0.1, 0.15) is 12.2 Å². The molecule has 0 radical (unpaired) electrons. The smallest absolute Gasteiger partial charge is 0.124 e. The number of aryl methyl sites for hydroxylation is 2. The minimum Gasteiger partial charge on any atom is -0.392 e. The van der Waals surface area contributed by atoms with Crippen LogP contribution < -0.4 is 16.3 Å². The number of dihydropyridines is 1. The molecule has 5 heteroatoms. The van der Waals surface area contributed by atoms with E-state index in [1.807, 2.05) is 6.21 Å². The Morgan fingerprint density at radius 1 is 1.16 bits per heavy atom. The number of allylic oxidation sites excluding steroid dienone is 1. The number of nitrogens with two attached hydrogens (primary N) is 1. The zero-order valence-electron chi connectivity index (χ0n) is 18.9. The fraction of sp³-hybridized carbons (Fsp3) is 0.407.